The monoisotopic (exact) mass is 418 g/mol. The van der Waals surface area contributed by atoms with Crippen molar-refractivity contribution in [1.82, 2.24) is 0 Å². The summed E-state index contributed by atoms with van der Waals surface area (Å²) < 4.78 is 23.7. The number of benzene rings is 1. The van der Waals surface area contributed by atoms with Crippen molar-refractivity contribution in [3.8, 4) is 5.75 Å². The second-order valence-electron chi connectivity index (χ2n) is 9.31. The number of ether oxygens (including phenoxy) is 3. The van der Waals surface area contributed by atoms with Gasteiger partial charge >= 0.3 is 0 Å². The molecule has 0 amide bonds. The molecule has 0 N–H and O–H groups in total. The van der Waals surface area contributed by atoms with Gasteiger partial charge in [-0.3, -0.25) is 4.79 Å². The summed E-state index contributed by atoms with van der Waals surface area (Å²) in [5.41, 5.74) is 2.05. The third-order valence-corrected chi connectivity index (χ3v) is 10.9. The summed E-state index contributed by atoms with van der Waals surface area (Å²) in [7, 11) is -0.126. The Labute approximate surface area is 175 Å². The minimum absolute atomic E-state index is 0.0361. The van der Waals surface area contributed by atoms with Gasteiger partial charge in [0.05, 0.1) is 25.9 Å². The number of carbonyl (C=O) groups excluding carboxylic acids is 1. The SMILES string of the molecule is COc1cccc2c1C1(C=C(CCCCO[Si](C)(C)C(C)(C)C)C2=O)OCCO1. The maximum absolute atomic E-state index is 13.1. The van der Waals surface area contributed by atoms with Gasteiger partial charge in [-0.1, -0.05) is 32.9 Å². The third-order valence-electron chi connectivity index (χ3n) is 6.32. The number of fused-ring (bicyclic) bond motifs is 2. The molecule has 1 heterocycles. The number of carbonyl (C=O) groups is 1. The molecule has 0 unspecified atom stereocenters. The number of hydrogen-bond acceptors (Lipinski definition) is 5. The summed E-state index contributed by atoms with van der Waals surface area (Å²) in [5.74, 6) is -0.354. The topological polar surface area (TPSA) is 54.0 Å². The van der Waals surface area contributed by atoms with Crippen LogP contribution >= 0.6 is 0 Å². The fourth-order valence-electron chi connectivity index (χ4n) is 3.59. The van der Waals surface area contributed by atoms with E-state index in [1.165, 1.54) is 0 Å². The van der Waals surface area contributed by atoms with Crippen LogP contribution in [0.4, 0.5) is 0 Å². The van der Waals surface area contributed by atoms with E-state index in [4.69, 9.17) is 18.6 Å². The number of ketones is 1. The molecular formula is C23H34O5Si. The number of allylic oxidation sites excluding steroid dienone is 1. The number of hydrogen-bond donors (Lipinski definition) is 0. The summed E-state index contributed by atoms with van der Waals surface area (Å²) in [4.78, 5) is 13.1. The van der Waals surface area contributed by atoms with Gasteiger partial charge in [0.1, 0.15) is 5.75 Å². The van der Waals surface area contributed by atoms with Crippen LogP contribution in [-0.2, 0) is 19.7 Å². The molecule has 6 heteroatoms. The molecule has 1 aliphatic heterocycles. The number of rotatable bonds is 7. The second kappa shape index (κ2) is 8.34. The molecule has 0 aromatic heterocycles. The first-order valence-electron chi connectivity index (χ1n) is 10.5. The Morgan fingerprint density at radius 2 is 1.83 bits per heavy atom. The number of methoxy groups -OCH3 is 1. The Kier molecular flexibility index (Phi) is 6.39. The van der Waals surface area contributed by atoms with Gasteiger partial charge in [0.25, 0.3) is 0 Å². The van der Waals surface area contributed by atoms with E-state index in [0.717, 1.165) is 25.0 Å². The first kappa shape index (κ1) is 22.2. The average Bonchev–Trinajstić information content (AvgIpc) is 3.12. The lowest BCUT2D eigenvalue weighted by molar-refractivity contribution is -0.126. The van der Waals surface area contributed by atoms with Crippen molar-refractivity contribution in [2.75, 3.05) is 26.9 Å². The molecule has 160 valence electrons. The zero-order valence-corrected chi connectivity index (χ0v) is 19.6. The zero-order valence-electron chi connectivity index (χ0n) is 18.6. The fourth-order valence-corrected chi connectivity index (χ4v) is 4.68. The van der Waals surface area contributed by atoms with Crippen molar-refractivity contribution in [2.45, 2.75) is 64.0 Å². The molecule has 1 saturated heterocycles. The fraction of sp³-hybridized carbons (Fsp3) is 0.609. The lowest BCUT2D eigenvalue weighted by Gasteiger charge is -2.36. The lowest BCUT2D eigenvalue weighted by atomic mass is 9.84. The Bertz CT molecular complexity index is 785. The molecular weight excluding hydrogens is 384 g/mol. The van der Waals surface area contributed by atoms with E-state index in [1.807, 2.05) is 24.3 Å². The van der Waals surface area contributed by atoms with Crippen molar-refractivity contribution in [2.24, 2.45) is 0 Å². The first-order valence-corrected chi connectivity index (χ1v) is 13.4. The van der Waals surface area contributed by atoms with Gasteiger partial charge in [-0.15, -0.1) is 0 Å². The maximum atomic E-state index is 13.1. The maximum Gasteiger partial charge on any atom is 0.220 e. The second-order valence-corrected chi connectivity index (χ2v) is 14.1. The third kappa shape index (κ3) is 4.36. The van der Waals surface area contributed by atoms with Crippen LogP contribution in [0.1, 0.15) is 56.0 Å². The van der Waals surface area contributed by atoms with Crippen LogP contribution in [0.5, 0.6) is 5.75 Å². The Hall–Kier alpha value is -1.47. The molecule has 1 aromatic rings. The molecule has 1 aromatic carbocycles. The van der Waals surface area contributed by atoms with Gasteiger partial charge in [0.15, 0.2) is 14.1 Å². The highest BCUT2D eigenvalue weighted by atomic mass is 28.4. The van der Waals surface area contributed by atoms with Crippen LogP contribution in [0.25, 0.3) is 0 Å². The van der Waals surface area contributed by atoms with E-state index in [9.17, 15) is 4.79 Å². The van der Waals surface area contributed by atoms with Gasteiger partial charge in [0, 0.05) is 17.7 Å². The van der Waals surface area contributed by atoms with Crippen molar-refractivity contribution in [1.29, 1.82) is 0 Å². The van der Waals surface area contributed by atoms with Crippen LogP contribution in [0.15, 0.2) is 29.8 Å². The molecule has 0 radical (unpaired) electrons. The predicted octanol–water partition coefficient (Wildman–Crippen LogP) is 5.21. The molecule has 1 aliphatic carbocycles. The van der Waals surface area contributed by atoms with Gasteiger partial charge < -0.3 is 18.6 Å². The highest BCUT2D eigenvalue weighted by molar-refractivity contribution is 6.74. The number of Topliss-reactive ketones (excluding diaryl/α,β-unsaturated/α-hetero) is 1. The van der Waals surface area contributed by atoms with E-state index in [2.05, 4.69) is 33.9 Å². The van der Waals surface area contributed by atoms with Crippen molar-refractivity contribution in [3.63, 3.8) is 0 Å². The van der Waals surface area contributed by atoms with Crippen LogP contribution in [-0.4, -0.2) is 41.0 Å². The molecule has 1 spiro atoms. The van der Waals surface area contributed by atoms with Crippen molar-refractivity contribution < 1.29 is 23.4 Å². The highest BCUT2D eigenvalue weighted by Crippen LogP contribution is 2.45. The van der Waals surface area contributed by atoms with Crippen molar-refractivity contribution in [3.05, 3.63) is 41.0 Å². The molecule has 5 nitrogen and oxygen atoms in total. The smallest absolute Gasteiger partial charge is 0.220 e. The molecule has 1 fully saturated rings. The van der Waals surface area contributed by atoms with Gasteiger partial charge in [-0.25, -0.2) is 0 Å². The lowest BCUT2D eigenvalue weighted by Crippen LogP contribution is -2.40. The normalized spacial score (nSPS) is 18.7. The van der Waals surface area contributed by atoms with Crippen molar-refractivity contribution >= 4 is 14.1 Å². The summed E-state index contributed by atoms with van der Waals surface area (Å²) in [6.07, 6.45) is 4.37. The quantitative estimate of drug-likeness (QED) is 0.449. The first-order chi connectivity index (χ1) is 13.6. The summed E-state index contributed by atoms with van der Waals surface area (Å²) >= 11 is 0. The van der Waals surface area contributed by atoms with E-state index >= 15 is 0 Å². The highest BCUT2D eigenvalue weighted by Gasteiger charge is 2.46. The standard InChI is InChI=1S/C23H34O5Si/c1-22(2,3)29(5,6)28-13-8-7-10-17-16-23(26-14-15-27-23)20-18(21(17)24)11-9-12-19(20)25-4/h9,11-12,16H,7-8,10,13-15H2,1-6H3. The van der Waals surface area contributed by atoms with Crippen LogP contribution in [0.3, 0.4) is 0 Å². The molecule has 3 rings (SSSR count). The van der Waals surface area contributed by atoms with Crippen LogP contribution in [0, 0.1) is 0 Å². The Morgan fingerprint density at radius 1 is 1.14 bits per heavy atom. The Balaban J connectivity index is 1.70. The van der Waals surface area contributed by atoms with Gasteiger partial charge in [0.2, 0.25) is 5.79 Å². The molecule has 0 saturated carbocycles. The van der Waals surface area contributed by atoms with Crippen LogP contribution in [0.2, 0.25) is 18.1 Å². The van der Waals surface area contributed by atoms with Gasteiger partial charge in [-0.2, -0.15) is 0 Å². The predicted molar refractivity (Wildman–Crippen MR) is 116 cm³/mol. The minimum Gasteiger partial charge on any atom is -0.496 e. The van der Waals surface area contributed by atoms with E-state index in [1.54, 1.807) is 7.11 Å². The molecule has 29 heavy (non-hydrogen) atoms. The summed E-state index contributed by atoms with van der Waals surface area (Å²) in [6.45, 7) is 13.0. The van der Waals surface area contributed by atoms with E-state index in [0.29, 0.717) is 36.5 Å². The van der Waals surface area contributed by atoms with Crippen LogP contribution < -0.4 is 4.74 Å². The summed E-state index contributed by atoms with van der Waals surface area (Å²) in [5, 5.41) is 0.209. The van der Waals surface area contributed by atoms with E-state index < -0.39 is 14.1 Å². The Morgan fingerprint density at radius 3 is 2.45 bits per heavy atom. The number of unbranched alkanes of at least 4 members (excludes halogenated alkanes) is 1. The van der Waals surface area contributed by atoms with E-state index in [-0.39, 0.29) is 10.8 Å². The molecule has 0 bridgehead atoms. The van der Waals surface area contributed by atoms with Gasteiger partial charge in [-0.05, 0) is 49.5 Å². The zero-order chi connectivity index (χ0) is 21.3. The minimum atomic E-state index is -1.73. The molecule has 2 aliphatic rings. The summed E-state index contributed by atoms with van der Waals surface area (Å²) in [6, 6.07) is 5.52. The average molecular weight is 419 g/mol. The molecule has 0 atom stereocenters. The largest absolute Gasteiger partial charge is 0.496 e.